The lowest BCUT2D eigenvalue weighted by Gasteiger charge is -2.18. The Bertz CT molecular complexity index is 677. The van der Waals surface area contributed by atoms with E-state index in [1.54, 1.807) is 0 Å². The molecule has 0 saturated heterocycles. The van der Waals surface area contributed by atoms with Crippen molar-refractivity contribution in [3.8, 4) is 0 Å². The Labute approximate surface area is 304 Å². The zero-order valence-electron chi connectivity index (χ0n) is 33.0. The van der Waals surface area contributed by atoms with Crippen molar-refractivity contribution >= 4 is 17.9 Å². The zero-order chi connectivity index (χ0) is 35.9. The zero-order valence-corrected chi connectivity index (χ0v) is 33.0. The Morgan fingerprint density at radius 2 is 0.551 bits per heavy atom. The second-order valence-electron chi connectivity index (χ2n) is 14.6. The lowest BCUT2D eigenvalue weighted by Crippen LogP contribution is -2.30. The number of unbranched alkanes of at least 4 members (excludes halogenated alkanes) is 28. The van der Waals surface area contributed by atoms with Crippen LogP contribution in [-0.4, -0.2) is 37.2 Å². The van der Waals surface area contributed by atoms with Crippen LogP contribution < -0.4 is 0 Å². The van der Waals surface area contributed by atoms with E-state index in [2.05, 4.69) is 20.8 Å². The summed E-state index contributed by atoms with van der Waals surface area (Å²) in [5, 5.41) is 0. The Balaban J connectivity index is 4.16. The van der Waals surface area contributed by atoms with Gasteiger partial charge in [0.25, 0.3) is 0 Å². The first-order valence-electron chi connectivity index (χ1n) is 21.5. The number of ether oxygens (including phenoxy) is 3. The molecule has 0 aromatic carbocycles. The summed E-state index contributed by atoms with van der Waals surface area (Å²) < 4.78 is 16.6. The van der Waals surface area contributed by atoms with E-state index in [1.807, 2.05) is 0 Å². The molecule has 0 rings (SSSR count). The fourth-order valence-corrected chi connectivity index (χ4v) is 6.32. The fraction of sp³-hybridized carbons (Fsp3) is 0.930. The molecule has 0 amide bonds. The SMILES string of the molecule is CCCCCCCCCCCCCCCC(=O)OCC(COC(=O)CCCCCCCCCCCCCCC)OC(=O)CCCCCCC. The maximum absolute atomic E-state index is 12.5. The molecule has 0 radical (unpaired) electrons. The molecular weight excluding hydrogens is 612 g/mol. The molecular formula is C43H82O6. The molecule has 0 heterocycles. The van der Waals surface area contributed by atoms with Gasteiger partial charge in [-0.05, 0) is 19.3 Å². The first-order chi connectivity index (χ1) is 24.0. The molecule has 0 unspecified atom stereocenters. The van der Waals surface area contributed by atoms with E-state index in [0.717, 1.165) is 64.2 Å². The summed E-state index contributed by atoms with van der Waals surface area (Å²) in [7, 11) is 0. The molecule has 0 aliphatic heterocycles. The van der Waals surface area contributed by atoms with Crippen LogP contribution in [0.1, 0.15) is 239 Å². The summed E-state index contributed by atoms with van der Waals surface area (Å²) in [6.45, 7) is 6.56. The topological polar surface area (TPSA) is 78.9 Å². The van der Waals surface area contributed by atoms with Crippen LogP contribution in [0, 0.1) is 0 Å². The Morgan fingerprint density at radius 3 is 0.816 bits per heavy atom. The van der Waals surface area contributed by atoms with Gasteiger partial charge in [-0.2, -0.15) is 0 Å². The van der Waals surface area contributed by atoms with Crippen molar-refractivity contribution in [3.05, 3.63) is 0 Å². The van der Waals surface area contributed by atoms with Crippen LogP contribution in [0.25, 0.3) is 0 Å². The second-order valence-corrected chi connectivity index (χ2v) is 14.6. The van der Waals surface area contributed by atoms with E-state index < -0.39 is 6.10 Å². The largest absolute Gasteiger partial charge is 0.462 e. The summed E-state index contributed by atoms with van der Waals surface area (Å²) in [6.07, 6.45) is 38.2. The van der Waals surface area contributed by atoms with Gasteiger partial charge in [-0.1, -0.05) is 201 Å². The fourth-order valence-electron chi connectivity index (χ4n) is 6.32. The maximum Gasteiger partial charge on any atom is 0.306 e. The van der Waals surface area contributed by atoms with Gasteiger partial charge in [-0.25, -0.2) is 0 Å². The third-order valence-electron chi connectivity index (χ3n) is 9.61. The first kappa shape index (κ1) is 47.4. The molecule has 0 aliphatic rings. The molecule has 0 spiro atoms. The highest BCUT2D eigenvalue weighted by Crippen LogP contribution is 2.15. The van der Waals surface area contributed by atoms with E-state index in [0.29, 0.717) is 19.3 Å². The van der Waals surface area contributed by atoms with Gasteiger partial charge in [0.05, 0.1) is 0 Å². The number of hydrogen-bond acceptors (Lipinski definition) is 6. The number of hydrogen-bond donors (Lipinski definition) is 0. The molecule has 0 bridgehead atoms. The molecule has 0 fully saturated rings. The molecule has 6 heteroatoms. The summed E-state index contributed by atoms with van der Waals surface area (Å²) in [5.74, 6) is -0.870. The van der Waals surface area contributed by atoms with E-state index >= 15 is 0 Å². The molecule has 0 atom stereocenters. The van der Waals surface area contributed by atoms with Crippen LogP contribution >= 0.6 is 0 Å². The van der Waals surface area contributed by atoms with Crippen molar-refractivity contribution in [2.45, 2.75) is 245 Å². The van der Waals surface area contributed by atoms with Crippen molar-refractivity contribution < 1.29 is 28.6 Å². The lowest BCUT2D eigenvalue weighted by molar-refractivity contribution is -0.167. The quantitative estimate of drug-likeness (QED) is 0.0362. The van der Waals surface area contributed by atoms with Gasteiger partial charge in [-0.15, -0.1) is 0 Å². The first-order valence-corrected chi connectivity index (χ1v) is 21.5. The van der Waals surface area contributed by atoms with Crippen molar-refractivity contribution in [1.82, 2.24) is 0 Å². The molecule has 49 heavy (non-hydrogen) atoms. The molecule has 0 N–H and O–H groups in total. The summed E-state index contributed by atoms with van der Waals surface area (Å²) in [6, 6.07) is 0. The van der Waals surface area contributed by atoms with Gasteiger partial charge in [0.2, 0.25) is 0 Å². The molecule has 6 nitrogen and oxygen atoms in total. The monoisotopic (exact) mass is 695 g/mol. The highest BCUT2D eigenvalue weighted by atomic mass is 16.6. The molecule has 0 aromatic rings. The van der Waals surface area contributed by atoms with Crippen LogP contribution in [0.3, 0.4) is 0 Å². The maximum atomic E-state index is 12.5. The minimum Gasteiger partial charge on any atom is -0.462 e. The summed E-state index contributed by atoms with van der Waals surface area (Å²) in [4.78, 5) is 37.3. The van der Waals surface area contributed by atoms with Crippen LogP contribution in [0.4, 0.5) is 0 Å². The van der Waals surface area contributed by atoms with Crippen LogP contribution in [0.5, 0.6) is 0 Å². The van der Waals surface area contributed by atoms with Gasteiger partial charge in [-0.3, -0.25) is 14.4 Å². The Morgan fingerprint density at radius 1 is 0.327 bits per heavy atom. The van der Waals surface area contributed by atoms with E-state index in [1.165, 1.54) is 135 Å². The smallest absolute Gasteiger partial charge is 0.306 e. The average molecular weight is 695 g/mol. The second kappa shape index (κ2) is 39.2. The van der Waals surface area contributed by atoms with Gasteiger partial charge in [0.1, 0.15) is 13.2 Å². The lowest BCUT2D eigenvalue weighted by atomic mass is 10.0. The van der Waals surface area contributed by atoms with Crippen molar-refractivity contribution in [2.24, 2.45) is 0 Å². The predicted molar refractivity (Wildman–Crippen MR) is 206 cm³/mol. The number of carbonyl (C=O) groups excluding carboxylic acids is 3. The number of rotatable bonds is 39. The van der Waals surface area contributed by atoms with Gasteiger partial charge >= 0.3 is 17.9 Å². The van der Waals surface area contributed by atoms with E-state index in [9.17, 15) is 14.4 Å². The number of carbonyl (C=O) groups is 3. The van der Waals surface area contributed by atoms with Crippen LogP contribution in [0.2, 0.25) is 0 Å². The Kier molecular flexibility index (Phi) is 37.9. The van der Waals surface area contributed by atoms with Crippen molar-refractivity contribution in [1.29, 1.82) is 0 Å². The minimum atomic E-state index is -0.755. The van der Waals surface area contributed by atoms with Crippen LogP contribution in [0.15, 0.2) is 0 Å². The van der Waals surface area contributed by atoms with Crippen molar-refractivity contribution in [3.63, 3.8) is 0 Å². The van der Waals surface area contributed by atoms with Crippen molar-refractivity contribution in [2.75, 3.05) is 13.2 Å². The normalized spacial score (nSPS) is 11.3. The highest BCUT2D eigenvalue weighted by molar-refractivity contribution is 5.71. The molecule has 290 valence electrons. The van der Waals surface area contributed by atoms with Gasteiger partial charge < -0.3 is 14.2 Å². The minimum absolute atomic E-state index is 0.0646. The molecule has 0 aromatic heterocycles. The van der Waals surface area contributed by atoms with E-state index in [-0.39, 0.29) is 31.1 Å². The predicted octanol–water partition coefficient (Wildman–Crippen LogP) is 13.3. The highest BCUT2D eigenvalue weighted by Gasteiger charge is 2.19. The third kappa shape index (κ3) is 37.5. The Hall–Kier alpha value is -1.59. The van der Waals surface area contributed by atoms with Crippen LogP contribution in [-0.2, 0) is 28.6 Å². The molecule has 0 saturated carbocycles. The summed E-state index contributed by atoms with van der Waals surface area (Å²) >= 11 is 0. The standard InChI is InChI=1S/C43H82O6/c1-4-7-10-13-15-17-19-21-23-25-27-30-32-35-41(44)47-38-40(49-43(46)37-34-29-12-9-6-3)39-48-42(45)36-33-31-28-26-24-22-20-18-16-14-11-8-5-2/h40H,4-39H2,1-3H3. The van der Waals surface area contributed by atoms with Gasteiger partial charge in [0.15, 0.2) is 6.10 Å². The third-order valence-corrected chi connectivity index (χ3v) is 9.61. The summed E-state index contributed by atoms with van der Waals surface area (Å²) in [5.41, 5.74) is 0. The molecule has 0 aliphatic carbocycles. The number of esters is 3. The van der Waals surface area contributed by atoms with E-state index in [4.69, 9.17) is 14.2 Å². The average Bonchev–Trinajstić information content (AvgIpc) is 3.09. The van der Waals surface area contributed by atoms with Gasteiger partial charge in [0, 0.05) is 19.3 Å².